The van der Waals surface area contributed by atoms with E-state index in [9.17, 15) is 5.11 Å². The average Bonchev–Trinajstić information content (AvgIpc) is 2.27. The Labute approximate surface area is 89.6 Å². The number of hydrogen-bond acceptors (Lipinski definition) is 2. The maximum atomic E-state index is 9.59. The molecule has 1 N–H and O–H groups in total. The SMILES string of the molecule is CC(O)C(C)c1nccc2ccccc12. The van der Waals surface area contributed by atoms with Gasteiger partial charge in [0.1, 0.15) is 0 Å². The van der Waals surface area contributed by atoms with Gasteiger partial charge in [0.05, 0.1) is 11.8 Å². The summed E-state index contributed by atoms with van der Waals surface area (Å²) in [5, 5.41) is 11.9. The summed E-state index contributed by atoms with van der Waals surface area (Å²) in [7, 11) is 0. The normalized spacial score (nSPS) is 15.1. The second kappa shape index (κ2) is 3.99. The van der Waals surface area contributed by atoms with Crippen LogP contribution >= 0.6 is 0 Å². The van der Waals surface area contributed by atoms with E-state index in [0.717, 1.165) is 11.1 Å². The fourth-order valence-corrected chi connectivity index (χ4v) is 1.73. The Bertz CT molecular complexity index is 460. The van der Waals surface area contributed by atoms with Gasteiger partial charge in [-0.25, -0.2) is 0 Å². The predicted molar refractivity (Wildman–Crippen MR) is 61.8 cm³/mol. The van der Waals surface area contributed by atoms with Crippen LogP contribution in [0.15, 0.2) is 36.5 Å². The quantitative estimate of drug-likeness (QED) is 0.810. The van der Waals surface area contributed by atoms with Crippen LogP contribution in [0.4, 0.5) is 0 Å². The molecule has 2 nitrogen and oxygen atoms in total. The van der Waals surface area contributed by atoms with Gasteiger partial charge in [0, 0.05) is 17.5 Å². The number of nitrogens with zero attached hydrogens (tertiary/aromatic N) is 1. The van der Waals surface area contributed by atoms with Crippen molar-refractivity contribution in [1.29, 1.82) is 0 Å². The zero-order valence-electron chi connectivity index (χ0n) is 9.01. The molecule has 0 saturated carbocycles. The molecule has 78 valence electrons. The lowest BCUT2D eigenvalue weighted by Gasteiger charge is -2.15. The van der Waals surface area contributed by atoms with Gasteiger partial charge < -0.3 is 5.11 Å². The third-order valence-electron chi connectivity index (χ3n) is 2.86. The molecule has 0 aliphatic carbocycles. The van der Waals surface area contributed by atoms with Crippen molar-refractivity contribution in [3.8, 4) is 0 Å². The molecular weight excluding hydrogens is 186 g/mol. The highest BCUT2D eigenvalue weighted by Crippen LogP contribution is 2.25. The van der Waals surface area contributed by atoms with E-state index in [-0.39, 0.29) is 12.0 Å². The predicted octanol–water partition coefficient (Wildman–Crippen LogP) is 2.72. The van der Waals surface area contributed by atoms with Crippen LogP contribution in [0.1, 0.15) is 25.5 Å². The van der Waals surface area contributed by atoms with Crippen LogP contribution in [0.25, 0.3) is 10.8 Å². The molecule has 1 heterocycles. The van der Waals surface area contributed by atoms with E-state index in [1.165, 1.54) is 5.39 Å². The molecule has 0 radical (unpaired) electrons. The van der Waals surface area contributed by atoms with Crippen LogP contribution in [0.2, 0.25) is 0 Å². The summed E-state index contributed by atoms with van der Waals surface area (Å²) >= 11 is 0. The summed E-state index contributed by atoms with van der Waals surface area (Å²) in [4.78, 5) is 4.37. The van der Waals surface area contributed by atoms with E-state index < -0.39 is 0 Å². The van der Waals surface area contributed by atoms with Crippen molar-refractivity contribution in [3.05, 3.63) is 42.2 Å². The van der Waals surface area contributed by atoms with E-state index in [4.69, 9.17) is 0 Å². The molecule has 1 aromatic carbocycles. The van der Waals surface area contributed by atoms with Gasteiger partial charge in [0.15, 0.2) is 0 Å². The van der Waals surface area contributed by atoms with Gasteiger partial charge in [0.25, 0.3) is 0 Å². The van der Waals surface area contributed by atoms with Crippen molar-refractivity contribution >= 4 is 10.8 Å². The molecule has 0 amide bonds. The molecule has 2 unspecified atom stereocenters. The fourth-order valence-electron chi connectivity index (χ4n) is 1.73. The summed E-state index contributed by atoms with van der Waals surface area (Å²) in [5.74, 6) is 0.0658. The Hall–Kier alpha value is -1.41. The first-order valence-corrected chi connectivity index (χ1v) is 5.22. The maximum absolute atomic E-state index is 9.59. The Morgan fingerprint density at radius 1 is 1.13 bits per heavy atom. The van der Waals surface area contributed by atoms with E-state index in [1.807, 2.05) is 25.1 Å². The molecule has 0 spiro atoms. The number of hydrogen-bond donors (Lipinski definition) is 1. The Morgan fingerprint density at radius 2 is 1.87 bits per heavy atom. The summed E-state index contributed by atoms with van der Waals surface area (Å²) < 4.78 is 0. The summed E-state index contributed by atoms with van der Waals surface area (Å²) in [5.41, 5.74) is 0.975. The maximum Gasteiger partial charge on any atom is 0.0593 e. The lowest BCUT2D eigenvalue weighted by Crippen LogP contribution is -2.12. The van der Waals surface area contributed by atoms with Gasteiger partial charge in [-0.3, -0.25) is 4.98 Å². The molecule has 0 fully saturated rings. The topological polar surface area (TPSA) is 33.1 Å². The molecule has 1 aromatic heterocycles. The molecule has 2 aromatic rings. The average molecular weight is 201 g/mol. The number of aliphatic hydroxyl groups is 1. The third kappa shape index (κ3) is 1.85. The van der Waals surface area contributed by atoms with E-state index in [1.54, 1.807) is 13.1 Å². The molecular formula is C13H15NO. The first-order valence-electron chi connectivity index (χ1n) is 5.22. The van der Waals surface area contributed by atoms with Gasteiger partial charge in [-0.05, 0) is 18.4 Å². The molecule has 0 bridgehead atoms. The first kappa shape index (κ1) is 10.1. The minimum absolute atomic E-state index is 0.0658. The van der Waals surface area contributed by atoms with Crippen LogP contribution < -0.4 is 0 Å². The van der Waals surface area contributed by atoms with Gasteiger partial charge in [-0.15, -0.1) is 0 Å². The first-order chi connectivity index (χ1) is 7.20. The Kier molecular flexibility index (Phi) is 2.69. The smallest absolute Gasteiger partial charge is 0.0593 e. The molecule has 2 rings (SSSR count). The van der Waals surface area contributed by atoms with Crippen LogP contribution in [-0.4, -0.2) is 16.2 Å². The molecule has 2 heteroatoms. The summed E-state index contributed by atoms with van der Waals surface area (Å²) in [6.45, 7) is 3.80. The van der Waals surface area contributed by atoms with Crippen molar-refractivity contribution in [3.63, 3.8) is 0 Å². The lowest BCUT2D eigenvalue weighted by molar-refractivity contribution is 0.168. The van der Waals surface area contributed by atoms with Gasteiger partial charge in [0.2, 0.25) is 0 Å². The van der Waals surface area contributed by atoms with Crippen molar-refractivity contribution in [2.45, 2.75) is 25.9 Å². The molecule has 15 heavy (non-hydrogen) atoms. The summed E-state index contributed by atoms with van der Waals surface area (Å²) in [6.07, 6.45) is 1.43. The number of benzene rings is 1. The molecule has 0 aliphatic heterocycles. The van der Waals surface area contributed by atoms with Crippen molar-refractivity contribution in [2.24, 2.45) is 0 Å². The molecule has 0 saturated heterocycles. The third-order valence-corrected chi connectivity index (χ3v) is 2.86. The number of pyridine rings is 1. The van der Waals surface area contributed by atoms with E-state index in [0.29, 0.717) is 0 Å². The number of aromatic nitrogens is 1. The van der Waals surface area contributed by atoms with E-state index in [2.05, 4.69) is 17.1 Å². The minimum Gasteiger partial charge on any atom is -0.393 e. The lowest BCUT2D eigenvalue weighted by atomic mass is 9.97. The largest absolute Gasteiger partial charge is 0.393 e. The van der Waals surface area contributed by atoms with Crippen molar-refractivity contribution in [2.75, 3.05) is 0 Å². The van der Waals surface area contributed by atoms with E-state index >= 15 is 0 Å². The highest BCUT2D eigenvalue weighted by Gasteiger charge is 2.15. The van der Waals surface area contributed by atoms with Gasteiger partial charge in [-0.2, -0.15) is 0 Å². The number of aliphatic hydroxyl groups excluding tert-OH is 1. The summed E-state index contributed by atoms with van der Waals surface area (Å²) in [6, 6.07) is 10.1. The van der Waals surface area contributed by atoms with Crippen LogP contribution in [0.5, 0.6) is 0 Å². The Balaban J connectivity index is 2.60. The minimum atomic E-state index is -0.372. The van der Waals surface area contributed by atoms with Crippen LogP contribution in [-0.2, 0) is 0 Å². The zero-order valence-corrected chi connectivity index (χ0v) is 9.01. The van der Waals surface area contributed by atoms with Gasteiger partial charge in [-0.1, -0.05) is 31.2 Å². The van der Waals surface area contributed by atoms with Gasteiger partial charge >= 0.3 is 0 Å². The number of rotatable bonds is 2. The van der Waals surface area contributed by atoms with Crippen LogP contribution in [0.3, 0.4) is 0 Å². The standard InChI is InChI=1S/C13H15NO/c1-9(10(2)15)13-12-6-4-3-5-11(12)7-8-14-13/h3-10,15H,1-2H3. The molecule has 0 aliphatic rings. The second-order valence-corrected chi connectivity index (χ2v) is 3.95. The number of fused-ring (bicyclic) bond motifs is 1. The fraction of sp³-hybridized carbons (Fsp3) is 0.308. The van der Waals surface area contributed by atoms with Crippen LogP contribution in [0, 0.1) is 0 Å². The highest BCUT2D eigenvalue weighted by atomic mass is 16.3. The van der Waals surface area contributed by atoms with Crippen molar-refractivity contribution < 1.29 is 5.11 Å². The second-order valence-electron chi connectivity index (χ2n) is 3.95. The Morgan fingerprint density at radius 3 is 2.60 bits per heavy atom. The van der Waals surface area contributed by atoms with Crippen molar-refractivity contribution in [1.82, 2.24) is 4.98 Å². The highest BCUT2D eigenvalue weighted by molar-refractivity contribution is 5.84. The molecule has 2 atom stereocenters. The monoisotopic (exact) mass is 201 g/mol. The zero-order chi connectivity index (χ0) is 10.8.